The van der Waals surface area contributed by atoms with E-state index in [1.165, 1.54) is 0 Å². The molecule has 2 atom stereocenters. The van der Waals surface area contributed by atoms with Crippen LogP contribution in [0.2, 0.25) is 0 Å². The van der Waals surface area contributed by atoms with Crippen molar-refractivity contribution in [2.45, 2.75) is 31.8 Å². The summed E-state index contributed by atoms with van der Waals surface area (Å²) in [5.74, 6) is 2.39. The highest BCUT2D eigenvalue weighted by Crippen LogP contribution is 2.38. The summed E-state index contributed by atoms with van der Waals surface area (Å²) < 4.78 is 16.4. The molecular weight excluding hydrogens is 368 g/mol. The zero-order valence-electron chi connectivity index (χ0n) is 17.6. The number of carbonyl (C=O) groups excluding carboxylic acids is 1. The monoisotopic (exact) mass is 398 g/mol. The van der Waals surface area contributed by atoms with Gasteiger partial charge in [0.2, 0.25) is 5.91 Å². The molecule has 3 rings (SSSR count). The molecule has 1 aliphatic rings. The lowest BCUT2D eigenvalue weighted by Crippen LogP contribution is -2.38. The Kier molecular flexibility index (Phi) is 6.99. The van der Waals surface area contributed by atoms with Gasteiger partial charge in [0.25, 0.3) is 0 Å². The average Bonchev–Trinajstić information content (AvgIpc) is 3.20. The smallest absolute Gasteiger partial charge is 0.234 e. The van der Waals surface area contributed by atoms with E-state index in [-0.39, 0.29) is 18.0 Å². The van der Waals surface area contributed by atoms with Crippen LogP contribution in [0.1, 0.15) is 43.0 Å². The fraction of sp³-hybridized carbons (Fsp3) is 0.435. The van der Waals surface area contributed by atoms with Gasteiger partial charge in [-0.2, -0.15) is 0 Å². The molecule has 0 aliphatic carbocycles. The Labute approximate surface area is 172 Å². The van der Waals surface area contributed by atoms with Crippen molar-refractivity contribution in [2.75, 3.05) is 34.4 Å². The maximum absolute atomic E-state index is 12.8. The first-order chi connectivity index (χ1) is 14.1. The van der Waals surface area contributed by atoms with Crippen LogP contribution in [0.4, 0.5) is 0 Å². The zero-order valence-corrected chi connectivity index (χ0v) is 17.6. The summed E-state index contributed by atoms with van der Waals surface area (Å²) in [6.45, 7) is 3.19. The van der Waals surface area contributed by atoms with Gasteiger partial charge in [-0.1, -0.05) is 18.2 Å². The van der Waals surface area contributed by atoms with E-state index in [1.807, 2.05) is 49.4 Å². The molecule has 0 radical (unpaired) electrons. The highest BCUT2D eigenvalue weighted by Gasteiger charge is 2.30. The van der Waals surface area contributed by atoms with Gasteiger partial charge >= 0.3 is 0 Å². The molecule has 0 bridgehead atoms. The van der Waals surface area contributed by atoms with Crippen LogP contribution < -0.4 is 19.5 Å². The number of nitrogens with zero attached hydrogens (tertiary/aromatic N) is 1. The summed E-state index contributed by atoms with van der Waals surface area (Å²) in [6, 6.07) is 13.6. The molecule has 2 aromatic rings. The first-order valence-electron chi connectivity index (χ1n) is 9.95. The third kappa shape index (κ3) is 4.82. The van der Waals surface area contributed by atoms with Crippen molar-refractivity contribution in [3.63, 3.8) is 0 Å². The predicted octanol–water partition coefficient (Wildman–Crippen LogP) is 3.73. The molecule has 2 aromatic carbocycles. The van der Waals surface area contributed by atoms with Gasteiger partial charge in [-0.25, -0.2) is 0 Å². The molecule has 0 spiro atoms. The van der Waals surface area contributed by atoms with E-state index in [0.717, 1.165) is 47.8 Å². The van der Waals surface area contributed by atoms with Crippen LogP contribution in [-0.4, -0.2) is 45.2 Å². The highest BCUT2D eigenvalue weighted by molar-refractivity contribution is 5.78. The van der Waals surface area contributed by atoms with Crippen LogP contribution in [0.3, 0.4) is 0 Å². The Balaban J connectivity index is 1.70. The van der Waals surface area contributed by atoms with Gasteiger partial charge in [0.05, 0.1) is 33.9 Å². The van der Waals surface area contributed by atoms with E-state index < -0.39 is 0 Å². The summed E-state index contributed by atoms with van der Waals surface area (Å²) in [7, 11) is 4.97. The summed E-state index contributed by atoms with van der Waals surface area (Å²) >= 11 is 0. The average molecular weight is 399 g/mol. The van der Waals surface area contributed by atoms with Gasteiger partial charge < -0.3 is 19.5 Å². The molecule has 1 amide bonds. The molecule has 1 N–H and O–H groups in total. The maximum Gasteiger partial charge on any atom is 0.234 e. The number of amides is 1. The number of likely N-dealkylation sites (tertiary alicyclic amines) is 1. The van der Waals surface area contributed by atoms with Gasteiger partial charge in [0.15, 0.2) is 0 Å². The van der Waals surface area contributed by atoms with E-state index in [2.05, 4.69) is 10.2 Å². The highest BCUT2D eigenvalue weighted by atomic mass is 16.5. The van der Waals surface area contributed by atoms with Crippen LogP contribution in [0, 0.1) is 0 Å². The topological polar surface area (TPSA) is 60.0 Å². The Morgan fingerprint density at radius 1 is 1.10 bits per heavy atom. The number of ether oxygens (including phenoxy) is 3. The van der Waals surface area contributed by atoms with Gasteiger partial charge in [0, 0.05) is 17.2 Å². The fourth-order valence-electron chi connectivity index (χ4n) is 4.04. The Bertz CT molecular complexity index is 839. The number of hydrogen-bond acceptors (Lipinski definition) is 5. The molecule has 1 aliphatic heterocycles. The molecule has 2 unspecified atom stereocenters. The minimum absolute atomic E-state index is 0.00262. The summed E-state index contributed by atoms with van der Waals surface area (Å²) in [5, 5.41) is 3.10. The van der Waals surface area contributed by atoms with Crippen LogP contribution in [0.15, 0.2) is 42.5 Å². The number of para-hydroxylation sites is 1. The van der Waals surface area contributed by atoms with Gasteiger partial charge in [0.1, 0.15) is 17.2 Å². The standard InChI is InChI=1S/C23H30N2O4/c1-16(18-8-5-6-10-21(18)28-3)24-23(26)15-25-13-7-9-20(25)19-14-17(27-2)11-12-22(19)29-4/h5-6,8,10-12,14,16,20H,7,9,13,15H2,1-4H3,(H,24,26). The molecule has 0 aromatic heterocycles. The molecule has 156 valence electrons. The molecule has 1 saturated heterocycles. The van der Waals surface area contributed by atoms with Gasteiger partial charge in [-0.15, -0.1) is 0 Å². The molecule has 1 fully saturated rings. The third-order valence-corrected chi connectivity index (χ3v) is 5.49. The summed E-state index contributed by atoms with van der Waals surface area (Å²) in [5.41, 5.74) is 2.03. The van der Waals surface area contributed by atoms with Crippen LogP contribution >= 0.6 is 0 Å². The number of carbonyl (C=O) groups is 1. The third-order valence-electron chi connectivity index (χ3n) is 5.49. The lowest BCUT2D eigenvalue weighted by Gasteiger charge is -2.27. The molecule has 0 saturated carbocycles. The Hall–Kier alpha value is -2.73. The van der Waals surface area contributed by atoms with Crippen LogP contribution in [0.25, 0.3) is 0 Å². The summed E-state index contributed by atoms with van der Waals surface area (Å²) in [4.78, 5) is 15.0. The first kappa shape index (κ1) is 21.0. The molecular formula is C23H30N2O4. The lowest BCUT2D eigenvalue weighted by molar-refractivity contribution is -0.123. The fourth-order valence-corrected chi connectivity index (χ4v) is 4.04. The number of rotatable bonds is 8. The van der Waals surface area contributed by atoms with Crippen molar-refractivity contribution < 1.29 is 19.0 Å². The predicted molar refractivity (Wildman–Crippen MR) is 113 cm³/mol. The molecule has 1 heterocycles. The number of benzene rings is 2. The first-order valence-corrected chi connectivity index (χ1v) is 9.95. The number of hydrogen-bond donors (Lipinski definition) is 1. The van der Waals surface area contributed by atoms with E-state index in [0.29, 0.717) is 6.54 Å². The molecule has 6 nitrogen and oxygen atoms in total. The largest absolute Gasteiger partial charge is 0.497 e. The zero-order chi connectivity index (χ0) is 20.8. The second-order valence-corrected chi connectivity index (χ2v) is 7.27. The van der Waals surface area contributed by atoms with Crippen molar-refractivity contribution in [1.82, 2.24) is 10.2 Å². The van der Waals surface area contributed by atoms with E-state index in [1.54, 1.807) is 21.3 Å². The van der Waals surface area contributed by atoms with E-state index >= 15 is 0 Å². The van der Waals surface area contributed by atoms with Crippen molar-refractivity contribution in [2.24, 2.45) is 0 Å². The quantitative estimate of drug-likeness (QED) is 0.734. The molecule has 29 heavy (non-hydrogen) atoms. The second kappa shape index (κ2) is 9.65. The lowest BCUT2D eigenvalue weighted by atomic mass is 10.0. The Morgan fingerprint density at radius 3 is 2.59 bits per heavy atom. The van der Waals surface area contributed by atoms with Gasteiger partial charge in [-0.3, -0.25) is 9.69 Å². The van der Waals surface area contributed by atoms with E-state index in [4.69, 9.17) is 14.2 Å². The SMILES string of the molecule is COc1ccc(OC)c(C2CCCN2CC(=O)NC(C)c2ccccc2OC)c1. The van der Waals surface area contributed by atoms with Crippen molar-refractivity contribution in [3.8, 4) is 17.2 Å². The second-order valence-electron chi connectivity index (χ2n) is 7.27. The van der Waals surface area contributed by atoms with Crippen LogP contribution in [0.5, 0.6) is 17.2 Å². The van der Waals surface area contributed by atoms with Crippen LogP contribution in [-0.2, 0) is 4.79 Å². The summed E-state index contributed by atoms with van der Waals surface area (Å²) in [6.07, 6.45) is 2.03. The minimum Gasteiger partial charge on any atom is -0.497 e. The van der Waals surface area contributed by atoms with E-state index in [9.17, 15) is 4.79 Å². The van der Waals surface area contributed by atoms with Gasteiger partial charge in [-0.05, 0) is 50.6 Å². The number of nitrogens with one attached hydrogen (secondary N) is 1. The number of methoxy groups -OCH3 is 3. The Morgan fingerprint density at radius 2 is 1.86 bits per heavy atom. The van der Waals surface area contributed by atoms with Crippen molar-refractivity contribution >= 4 is 5.91 Å². The maximum atomic E-state index is 12.8. The normalized spacial score (nSPS) is 17.6. The minimum atomic E-state index is -0.133. The van der Waals surface area contributed by atoms with Crippen molar-refractivity contribution in [3.05, 3.63) is 53.6 Å². The molecule has 6 heteroatoms. The van der Waals surface area contributed by atoms with Crippen molar-refractivity contribution in [1.29, 1.82) is 0 Å².